The summed E-state index contributed by atoms with van der Waals surface area (Å²) in [5, 5.41) is 10.4. The monoisotopic (exact) mass is 191 g/mol. The van der Waals surface area contributed by atoms with Crippen molar-refractivity contribution in [3.05, 3.63) is 30.8 Å². The van der Waals surface area contributed by atoms with E-state index in [1.54, 1.807) is 25.5 Å². The fourth-order valence-electron chi connectivity index (χ4n) is 0.972. The molecular formula is C8H9N5O. The molecule has 6 nitrogen and oxygen atoms in total. The molecule has 0 aliphatic heterocycles. The van der Waals surface area contributed by atoms with Crippen LogP contribution in [0.4, 0.5) is 0 Å². The van der Waals surface area contributed by atoms with E-state index in [1.807, 2.05) is 6.07 Å². The summed E-state index contributed by atoms with van der Waals surface area (Å²) in [4.78, 5) is 10.5. The lowest BCUT2D eigenvalue weighted by Crippen LogP contribution is -2.08. The highest BCUT2D eigenvalue weighted by atomic mass is 16.7. The molecule has 2 heterocycles. The van der Waals surface area contributed by atoms with Crippen LogP contribution in [0.25, 0.3) is 11.2 Å². The summed E-state index contributed by atoms with van der Waals surface area (Å²) in [7, 11) is 1.78. The first-order valence-corrected chi connectivity index (χ1v) is 4.07. The zero-order chi connectivity index (χ0) is 9.80. The van der Waals surface area contributed by atoms with E-state index in [4.69, 9.17) is 4.84 Å². The van der Waals surface area contributed by atoms with Crippen LogP contribution in [0, 0.1) is 0 Å². The minimum atomic E-state index is 0.591. The normalized spacial score (nSPS) is 10.9. The Morgan fingerprint density at radius 1 is 1.57 bits per heavy atom. The maximum Gasteiger partial charge on any atom is 0.220 e. The van der Waals surface area contributed by atoms with E-state index in [2.05, 4.69) is 20.6 Å². The summed E-state index contributed by atoms with van der Waals surface area (Å²) >= 11 is 0. The summed E-state index contributed by atoms with van der Waals surface area (Å²) in [6.45, 7) is 0. The largest absolute Gasteiger partial charge is 0.391 e. The Morgan fingerprint density at radius 2 is 2.50 bits per heavy atom. The van der Waals surface area contributed by atoms with Crippen molar-refractivity contribution in [1.29, 1.82) is 0 Å². The second-order valence-corrected chi connectivity index (χ2v) is 2.51. The van der Waals surface area contributed by atoms with Gasteiger partial charge in [0.25, 0.3) is 0 Å². The summed E-state index contributed by atoms with van der Waals surface area (Å²) in [5.74, 6) is 0. The predicted octanol–water partition coefficient (Wildman–Crippen LogP) is -0.0545. The van der Waals surface area contributed by atoms with Gasteiger partial charge < -0.3 is 10.2 Å². The lowest BCUT2D eigenvalue weighted by molar-refractivity contribution is 0.178. The molecule has 0 aromatic carbocycles. The fraction of sp³-hybridized carbons (Fsp3) is 0.125. The SMILES string of the molecule is CNC=COn1nnc2cccnc21. The number of nitrogens with zero attached hydrogens (tertiary/aromatic N) is 4. The van der Waals surface area contributed by atoms with E-state index < -0.39 is 0 Å². The third-order valence-electron chi connectivity index (χ3n) is 1.58. The number of aromatic nitrogens is 4. The van der Waals surface area contributed by atoms with Crippen molar-refractivity contribution >= 4 is 11.2 Å². The Morgan fingerprint density at radius 3 is 3.36 bits per heavy atom. The molecule has 0 saturated carbocycles. The predicted molar refractivity (Wildman–Crippen MR) is 50.1 cm³/mol. The first kappa shape index (κ1) is 8.49. The van der Waals surface area contributed by atoms with Crippen LogP contribution in [-0.2, 0) is 0 Å². The van der Waals surface area contributed by atoms with Gasteiger partial charge in [0.15, 0.2) is 0 Å². The van der Waals surface area contributed by atoms with Crippen molar-refractivity contribution in [3.8, 4) is 0 Å². The van der Waals surface area contributed by atoms with Crippen LogP contribution in [0.15, 0.2) is 30.8 Å². The minimum Gasteiger partial charge on any atom is -0.391 e. The van der Waals surface area contributed by atoms with Gasteiger partial charge in [0.1, 0.15) is 11.8 Å². The molecule has 1 N–H and O–H groups in total. The van der Waals surface area contributed by atoms with Gasteiger partial charge in [0.2, 0.25) is 5.65 Å². The van der Waals surface area contributed by atoms with E-state index in [0.717, 1.165) is 0 Å². The Kier molecular flexibility index (Phi) is 2.26. The Balaban J connectivity index is 2.29. The highest BCUT2D eigenvalue weighted by Gasteiger charge is 2.03. The lowest BCUT2D eigenvalue weighted by Gasteiger charge is -1.96. The molecule has 2 rings (SSSR count). The van der Waals surface area contributed by atoms with Crippen LogP contribution < -0.4 is 10.2 Å². The molecule has 0 spiro atoms. The molecule has 0 aliphatic rings. The van der Waals surface area contributed by atoms with Crippen LogP contribution in [0.5, 0.6) is 0 Å². The quantitative estimate of drug-likeness (QED) is 0.689. The van der Waals surface area contributed by atoms with Crippen LogP contribution >= 0.6 is 0 Å². The van der Waals surface area contributed by atoms with Gasteiger partial charge in [-0.25, -0.2) is 4.98 Å². The topological polar surface area (TPSA) is 64.9 Å². The van der Waals surface area contributed by atoms with Gasteiger partial charge in [0.05, 0.1) is 0 Å². The molecule has 0 aliphatic carbocycles. The van der Waals surface area contributed by atoms with Crippen molar-refractivity contribution in [2.45, 2.75) is 0 Å². The molecule has 2 aromatic rings. The van der Waals surface area contributed by atoms with E-state index in [-0.39, 0.29) is 0 Å². The molecule has 0 bridgehead atoms. The maximum atomic E-state index is 5.14. The molecule has 2 aromatic heterocycles. The van der Waals surface area contributed by atoms with E-state index in [9.17, 15) is 0 Å². The number of hydrogen-bond donors (Lipinski definition) is 1. The number of pyridine rings is 1. The van der Waals surface area contributed by atoms with E-state index in [0.29, 0.717) is 11.2 Å². The molecule has 0 atom stereocenters. The molecular weight excluding hydrogens is 182 g/mol. The first-order valence-electron chi connectivity index (χ1n) is 4.07. The zero-order valence-electron chi connectivity index (χ0n) is 7.58. The molecule has 14 heavy (non-hydrogen) atoms. The second-order valence-electron chi connectivity index (χ2n) is 2.51. The van der Waals surface area contributed by atoms with Crippen molar-refractivity contribution in [2.75, 3.05) is 7.05 Å². The average molecular weight is 191 g/mol. The van der Waals surface area contributed by atoms with Crippen molar-refractivity contribution in [3.63, 3.8) is 0 Å². The molecule has 0 radical (unpaired) electrons. The number of hydrogen-bond acceptors (Lipinski definition) is 5. The van der Waals surface area contributed by atoms with Gasteiger partial charge in [-0.3, -0.25) is 0 Å². The fourth-order valence-corrected chi connectivity index (χ4v) is 0.972. The van der Waals surface area contributed by atoms with Crippen LogP contribution in [0.1, 0.15) is 0 Å². The highest BCUT2D eigenvalue weighted by molar-refractivity contribution is 5.68. The molecule has 0 amide bonds. The van der Waals surface area contributed by atoms with Crippen molar-refractivity contribution in [2.24, 2.45) is 0 Å². The van der Waals surface area contributed by atoms with Gasteiger partial charge in [-0.2, -0.15) is 0 Å². The van der Waals surface area contributed by atoms with Gasteiger partial charge >= 0.3 is 0 Å². The molecule has 72 valence electrons. The standard InChI is InChI=1S/C8H9N5O/c1-9-5-6-14-13-8-7(11-12-13)3-2-4-10-8/h2-6,9H,1H3. The number of rotatable bonds is 3. The summed E-state index contributed by atoms with van der Waals surface area (Å²) < 4.78 is 0. The van der Waals surface area contributed by atoms with Gasteiger partial charge in [0, 0.05) is 19.4 Å². The van der Waals surface area contributed by atoms with E-state index in [1.165, 1.54) is 11.1 Å². The molecule has 0 saturated heterocycles. The Bertz CT molecular complexity index is 450. The van der Waals surface area contributed by atoms with Crippen LogP contribution in [0.2, 0.25) is 0 Å². The highest BCUT2D eigenvalue weighted by Crippen LogP contribution is 2.03. The second kappa shape index (κ2) is 3.73. The third kappa shape index (κ3) is 1.49. The van der Waals surface area contributed by atoms with E-state index >= 15 is 0 Å². The van der Waals surface area contributed by atoms with Gasteiger partial charge in [-0.1, -0.05) is 4.85 Å². The summed E-state index contributed by atoms with van der Waals surface area (Å²) in [6, 6.07) is 3.61. The van der Waals surface area contributed by atoms with Gasteiger partial charge in [-0.05, 0) is 17.3 Å². The van der Waals surface area contributed by atoms with Crippen LogP contribution in [0.3, 0.4) is 0 Å². The Labute approximate surface area is 80.2 Å². The molecule has 0 fully saturated rings. The minimum absolute atomic E-state index is 0.591. The van der Waals surface area contributed by atoms with Gasteiger partial charge in [-0.15, -0.1) is 5.10 Å². The third-order valence-corrected chi connectivity index (χ3v) is 1.58. The number of nitrogens with one attached hydrogen (secondary N) is 1. The summed E-state index contributed by atoms with van der Waals surface area (Å²) in [5.41, 5.74) is 1.29. The average Bonchev–Trinajstić information content (AvgIpc) is 2.63. The zero-order valence-corrected chi connectivity index (χ0v) is 7.58. The van der Waals surface area contributed by atoms with Crippen molar-refractivity contribution < 1.29 is 4.84 Å². The maximum absolute atomic E-state index is 5.14. The van der Waals surface area contributed by atoms with Crippen molar-refractivity contribution in [1.82, 2.24) is 25.5 Å². The summed E-state index contributed by atoms with van der Waals surface area (Å²) in [6.07, 6.45) is 4.76. The van der Waals surface area contributed by atoms with Crippen LogP contribution in [-0.4, -0.2) is 27.2 Å². The lowest BCUT2D eigenvalue weighted by atomic mass is 10.4. The Hall–Kier alpha value is -2.11. The first-order chi connectivity index (χ1) is 6.92. The number of fused-ring (bicyclic) bond motifs is 1. The smallest absolute Gasteiger partial charge is 0.220 e. The molecule has 6 heteroatoms. The molecule has 0 unspecified atom stereocenters.